The Morgan fingerprint density at radius 1 is 1.38 bits per heavy atom. The summed E-state index contributed by atoms with van der Waals surface area (Å²) in [5.74, 6) is 0.0527. The van der Waals surface area contributed by atoms with Gasteiger partial charge in [-0.15, -0.1) is 11.8 Å². The van der Waals surface area contributed by atoms with Crippen LogP contribution in [0.5, 0.6) is 0 Å². The third-order valence-electron chi connectivity index (χ3n) is 1.69. The summed E-state index contributed by atoms with van der Waals surface area (Å²) in [6.07, 6.45) is 2.55. The zero-order valence-corrected chi connectivity index (χ0v) is 8.65. The number of hydrogen-bond donors (Lipinski definition) is 1. The third-order valence-corrected chi connectivity index (χ3v) is 2.44. The van der Waals surface area contributed by atoms with Gasteiger partial charge in [-0.1, -0.05) is 6.92 Å². The number of carbonyl (C=O) groups is 1. The lowest BCUT2D eigenvalue weighted by molar-refractivity contribution is -0.115. The summed E-state index contributed by atoms with van der Waals surface area (Å²) in [5, 5.41) is 2.79. The minimum atomic E-state index is 0.0527. The van der Waals surface area contributed by atoms with Crippen molar-refractivity contribution >= 4 is 23.4 Å². The highest BCUT2D eigenvalue weighted by Crippen LogP contribution is 2.17. The summed E-state index contributed by atoms with van der Waals surface area (Å²) >= 11 is 1.69. The molecule has 0 bridgehead atoms. The Morgan fingerprint density at radius 3 is 2.46 bits per heavy atom. The fourth-order valence-electron chi connectivity index (χ4n) is 0.924. The molecule has 1 aromatic carbocycles. The molecule has 0 atom stereocenters. The van der Waals surface area contributed by atoms with Crippen LogP contribution in [0.25, 0.3) is 0 Å². The Balaban J connectivity index is 2.64. The normalized spacial score (nSPS) is 9.69. The molecular formula is C10H13NOS. The average Bonchev–Trinajstić information content (AvgIpc) is 2.19. The molecule has 0 aliphatic carbocycles. The number of benzene rings is 1. The molecule has 0 aromatic heterocycles. The highest BCUT2D eigenvalue weighted by molar-refractivity contribution is 7.98. The van der Waals surface area contributed by atoms with Crippen molar-refractivity contribution in [1.82, 2.24) is 0 Å². The van der Waals surface area contributed by atoms with Gasteiger partial charge in [0.1, 0.15) is 0 Å². The van der Waals surface area contributed by atoms with Crippen LogP contribution in [0.2, 0.25) is 0 Å². The number of rotatable bonds is 3. The smallest absolute Gasteiger partial charge is 0.224 e. The average molecular weight is 195 g/mol. The molecule has 1 N–H and O–H groups in total. The maximum atomic E-state index is 11.0. The Bertz CT molecular complexity index is 281. The SMILES string of the molecule is CCC(=O)Nc1ccc(SC)cc1. The topological polar surface area (TPSA) is 29.1 Å². The van der Waals surface area contributed by atoms with E-state index >= 15 is 0 Å². The molecule has 0 radical (unpaired) electrons. The fourth-order valence-corrected chi connectivity index (χ4v) is 1.33. The summed E-state index contributed by atoms with van der Waals surface area (Å²) in [5.41, 5.74) is 0.865. The second-order valence-electron chi connectivity index (χ2n) is 2.63. The second kappa shape index (κ2) is 4.92. The largest absolute Gasteiger partial charge is 0.326 e. The number of hydrogen-bond acceptors (Lipinski definition) is 2. The van der Waals surface area contributed by atoms with Crippen LogP contribution in [-0.2, 0) is 4.79 Å². The lowest BCUT2D eigenvalue weighted by Gasteiger charge is -2.03. The molecule has 0 fully saturated rings. The van der Waals surface area contributed by atoms with Gasteiger partial charge in [0.25, 0.3) is 0 Å². The van der Waals surface area contributed by atoms with Gasteiger partial charge in [-0.25, -0.2) is 0 Å². The number of thioether (sulfide) groups is 1. The molecular weight excluding hydrogens is 182 g/mol. The van der Waals surface area contributed by atoms with Crippen LogP contribution in [0.15, 0.2) is 29.2 Å². The first-order valence-corrected chi connectivity index (χ1v) is 5.42. The summed E-state index contributed by atoms with van der Waals surface area (Å²) in [6.45, 7) is 1.84. The van der Waals surface area contributed by atoms with Crippen LogP contribution >= 0.6 is 11.8 Å². The summed E-state index contributed by atoms with van der Waals surface area (Å²) in [6, 6.07) is 7.82. The van der Waals surface area contributed by atoms with Crippen LogP contribution in [-0.4, -0.2) is 12.2 Å². The quantitative estimate of drug-likeness (QED) is 0.751. The van der Waals surface area contributed by atoms with E-state index in [-0.39, 0.29) is 5.91 Å². The minimum Gasteiger partial charge on any atom is -0.326 e. The van der Waals surface area contributed by atoms with E-state index < -0.39 is 0 Å². The highest BCUT2D eigenvalue weighted by atomic mass is 32.2. The van der Waals surface area contributed by atoms with Gasteiger partial charge in [0, 0.05) is 17.0 Å². The molecule has 3 heteroatoms. The van der Waals surface area contributed by atoms with Gasteiger partial charge in [0.05, 0.1) is 0 Å². The Morgan fingerprint density at radius 2 is 2.00 bits per heavy atom. The van der Waals surface area contributed by atoms with Gasteiger partial charge in [-0.3, -0.25) is 4.79 Å². The molecule has 1 rings (SSSR count). The van der Waals surface area contributed by atoms with E-state index in [2.05, 4.69) is 5.32 Å². The second-order valence-corrected chi connectivity index (χ2v) is 3.51. The molecule has 0 aliphatic heterocycles. The van der Waals surface area contributed by atoms with E-state index in [4.69, 9.17) is 0 Å². The van der Waals surface area contributed by atoms with E-state index in [1.807, 2.05) is 37.4 Å². The first-order chi connectivity index (χ1) is 6.26. The van der Waals surface area contributed by atoms with Crippen molar-refractivity contribution < 1.29 is 4.79 Å². The third kappa shape index (κ3) is 3.11. The predicted molar refractivity (Wildman–Crippen MR) is 57.1 cm³/mol. The molecule has 1 aromatic rings. The van der Waals surface area contributed by atoms with Crippen LogP contribution in [0.3, 0.4) is 0 Å². The van der Waals surface area contributed by atoms with E-state index in [9.17, 15) is 4.79 Å². The number of anilines is 1. The lowest BCUT2D eigenvalue weighted by Crippen LogP contribution is -2.08. The van der Waals surface area contributed by atoms with Gasteiger partial charge in [0.2, 0.25) is 5.91 Å². The Labute approximate surface area is 82.7 Å². The van der Waals surface area contributed by atoms with Crippen molar-refractivity contribution in [3.8, 4) is 0 Å². The van der Waals surface area contributed by atoms with Gasteiger partial charge in [-0.05, 0) is 30.5 Å². The van der Waals surface area contributed by atoms with Crippen molar-refractivity contribution in [3.05, 3.63) is 24.3 Å². The van der Waals surface area contributed by atoms with Gasteiger partial charge in [-0.2, -0.15) is 0 Å². The van der Waals surface area contributed by atoms with Crippen molar-refractivity contribution in [2.75, 3.05) is 11.6 Å². The van der Waals surface area contributed by atoms with Crippen molar-refractivity contribution in [1.29, 1.82) is 0 Å². The standard InChI is InChI=1S/C10H13NOS/c1-3-10(12)11-8-4-6-9(13-2)7-5-8/h4-7H,3H2,1-2H3,(H,11,12). The van der Waals surface area contributed by atoms with Gasteiger partial charge in [0.15, 0.2) is 0 Å². The van der Waals surface area contributed by atoms with E-state index in [1.54, 1.807) is 11.8 Å². The van der Waals surface area contributed by atoms with Crippen LogP contribution in [0, 0.1) is 0 Å². The number of amides is 1. The minimum absolute atomic E-state index is 0.0527. The molecule has 0 saturated heterocycles. The predicted octanol–water partition coefficient (Wildman–Crippen LogP) is 2.76. The van der Waals surface area contributed by atoms with Crippen molar-refractivity contribution in [2.45, 2.75) is 18.2 Å². The van der Waals surface area contributed by atoms with E-state index in [0.29, 0.717) is 6.42 Å². The molecule has 0 spiro atoms. The Kier molecular flexibility index (Phi) is 3.83. The van der Waals surface area contributed by atoms with Crippen molar-refractivity contribution in [2.24, 2.45) is 0 Å². The van der Waals surface area contributed by atoms with E-state index in [0.717, 1.165) is 5.69 Å². The number of nitrogens with one attached hydrogen (secondary N) is 1. The van der Waals surface area contributed by atoms with Crippen LogP contribution in [0.4, 0.5) is 5.69 Å². The maximum absolute atomic E-state index is 11.0. The first kappa shape index (κ1) is 10.1. The molecule has 70 valence electrons. The zero-order valence-electron chi connectivity index (χ0n) is 7.83. The molecule has 13 heavy (non-hydrogen) atoms. The Hall–Kier alpha value is -0.960. The maximum Gasteiger partial charge on any atom is 0.224 e. The summed E-state index contributed by atoms with van der Waals surface area (Å²) in [4.78, 5) is 12.2. The van der Waals surface area contributed by atoms with Gasteiger partial charge < -0.3 is 5.32 Å². The first-order valence-electron chi connectivity index (χ1n) is 4.20. The molecule has 0 heterocycles. The fraction of sp³-hybridized carbons (Fsp3) is 0.300. The lowest BCUT2D eigenvalue weighted by atomic mass is 10.3. The molecule has 0 saturated carbocycles. The van der Waals surface area contributed by atoms with E-state index in [1.165, 1.54) is 4.90 Å². The monoisotopic (exact) mass is 195 g/mol. The molecule has 1 amide bonds. The molecule has 2 nitrogen and oxygen atoms in total. The van der Waals surface area contributed by atoms with Gasteiger partial charge >= 0.3 is 0 Å². The van der Waals surface area contributed by atoms with Crippen molar-refractivity contribution in [3.63, 3.8) is 0 Å². The highest BCUT2D eigenvalue weighted by Gasteiger charge is 1.97. The summed E-state index contributed by atoms with van der Waals surface area (Å²) < 4.78 is 0. The zero-order chi connectivity index (χ0) is 9.68. The molecule has 0 unspecified atom stereocenters. The number of carbonyl (C=O) groups excluding carboxylic acids is 1. The summed E-state index contributed by atoms with van der Waals surface area (Å²) in [7, 11) is 0. The van der Waals surface area contributed by atoms with Crippen LogP contribution in [0.1, 0.15) is 13.3 Å². The molecule has 0 aliphatic rings. The van der Waals surface area contributed by atoms with Crippen LogP contribution < -0.4 is 5.32 Å².